The quantitative estimate of drug-likeness (QED) is 0.657. The Balaban J connectivity index is 1.53. The van der Waals surface area contributed by atoms with Gasteiger partial charge in [0, 0.05) is 43.3 Å². The van der Waals surface area contributed by atoms with E-state index in [9.17, 15) is 9.59 Å². The summed E-state index contributed by atoms with van der Waals surface area (Å²) in [6, 6.07) is 6.96. The highest BCUT2D eigenvalue weighted by molar-refractivity contribution is 6.36. The number of amides is 2. The minimum atomic E-state index is -0.148. The number of nitriles is 1. The molecule has 0 spiro atoms. The number of nitrogens with zero attached hydrogens (tertiary/aromatic N) is 5. The van der Waals surface area contributed by atoms with Crippen LogP contribution in [-0.2, 0) is 17.8 Å². The summed E-state index contributed by atoms with van der Waals surface area (Å²) in [6.45, 7) is 6.39. The predicted octanol–water partition coefficient (Wildman–Crippen LogP) is 3.64. The topological polar surface area (TPSA) is 82.2 Å². The Morgan fingerprint density at radius 1 is 1.13 bits per heavy atom. The molecule has 0 bridgehead atoms. The van der Waals surface area contributed by atoms with Crippen LogP contribution in [0.2, 0.25) is 10.0 Å². The second-order valence-corrected chi connectivity index (χ2v) is 8.42. The van der Waals surface area contributed by atoms with E-state index in [-0.39, 0.29) is 11.8 Å². The van der Waals surface area contributed by atoms with Gasteiger partial charge in [0.2, 0.25) is 5.91 Å². The summed E-state index contributed by atoms with van der Waals surface area (Å²) in [6.07, 6.45) is 1.41. The first kappa shape index (κ1) is 23.1. The number of aromatic nitrogens is 2. The zero-order valence-corrected chi connectivity index (χ0v) is 19.2. The van der Waals surface area contributed by atoms with Crippen molar-refractivity contribution in [1.82, 2.24) is 19.6 Å². The average molecular weight is 462 g/mol. The van der Waals surface area contributed by atoms with E-state index in [0.29, 0.717) is 67.6 Å². The Bertz CT molecular complexity index is 1020. The minimum absolute atomic E-state index is 0.0696. The summed E-state index contributed by atoms with van der Waals surface area (Å²) in [5.74, 6) is -0.0787. The number of halogens is 2. The fourth-order valence-electron chi connectivity index (χ4n) is 3.85. The number of piperazine rings is 1. The second-order valence-electron chi connectivity index (χ2n) is 7.58. The molecule has 0 radical (unpaired) electrons. The van der Waals surface area contributed by atoms with Gasteiger partial charge in [-0.2, -0.15) is 10.4 Å². The van der Waals surface area contributed by atoms with Gasteiger partial charge in [0.05, 0.1) is 35.3 Å². The molecule has 31 heavy (non-hydrogen) atoms. The average Bonchev–Trinajstić information content (AvgIpc) is 3.02. The third-order valence-corrected chi connectivity index (χ3v) is 6.18. The van der Waals surface area contributed by atoms with Crippen molar-refractivity contribution >= 4 is 35.0 Å². The number of hydrogen-bond donors (Lipinski definition) is 0. The second kappa shape index (κ2) is 10.2. The van der Waals surface area contributed by atoms with Crippen LogP contribution in [0.4, 0.5) is 0 Å². The van der Waals surface area contributed by atoms with E-state index in [1.165, 1.54) is 0 Å². The molecule has 2 heterocycles. The largest absolute Gasteiger partial charge is 0.339 e. The van der Waals surface area contributed by atoms with Crippen LogP contribution in [0.5, 0.6) is 0 Å². The number of aryl methyl sites for hydroxylation is 2. The molecule has 0 unspecified atom stereocenters. The highest BCUT2D eigenvalue weighted by Gasteiger charge is 2.26. The van der Waals surface area contributed by atoms with Crippen LogP contribution in [0.15, 0.2) is 18.2 Å². The van der Waals surface area contributed by atoms with E-state index in [1.54, 1.807) is 28.0 Å². The Labute approximate surface area is 192 Å². The van der Waals surface area contributed by atoms with E-state index in [1.807, 2.05) is 18.5 Å². The van der Waals surface area contributed by atoms with Crippen LogP contribution in [0.25, 0.3) is 0 Å². The van der Waals surface area contributed by atoms with Crippen LogP contribution < -0.4 is 0 Å². The highest BCUT2D eigenvalue weighted by Crippen LogP contribution is 2.23. The number of benzene rings is 1. The molecule has 1 saturated heterocycles. The van der Waals surface area contributed by atoms with Gasteiger partial charge in [0.15, 0.2) is 0 Å². The van der Waals surface area contributed by atoms with Gasteiger partial charge in [-0.15, -0.1) is 0 Å². The zero-order valence-electron chi connectivity index (χ0n) is 17.7. The number of hydrogen-bond acceptors (Lipinski definition) is 4. The molecule has 7 nitrogen and oxygen atoms in total. The van der Waals surface area contributed by atoms with Gasteiger partial charge in [-0.25, -0.2) is 0 Å². The van der Waals surface area contributed by atoms with Gasteiger partial charge < -0.3 is 9.80 Å². The fourth-order valence-corrected chi connectivity index (χ4v) is 4.34. The minimum Gasteiger partial charge on any atom is -0.339 e. The van der Waals surface area contributed by atoms with Gasteiger partial charge >= 0.3 is 0 Å². The van der Waals surface area contributed by atoms with Crippen molar-refractivity contribution in [3.05, 3.63) is 50.8 Å². The summed E-state index contributed by atoms with van der Waals surface area (Å²) in [7, 11) is 0. The van der Waals surface area contributed by atoms with Crippen molar-refractivity contribution in [3.8, 4) is 6.07 Å². The third kappa shape index (κ3) is 5.38. The first-order chi connectivity index (χ1) is 14.8. The predicted molar refractivity (Wildman–Crippen MR) is 119 cm³/mol. The Morgan fingerprint density at radius 2 is 1.81 bits per heavy atom. The molecular weight excluding hydrogens is 437 g/mol. The van der Waals surface area contributed by atoms with Crippen LogP contribution in [-0.4, -0.2) is 57.6 Å². The standard InChI is InChI=1S/C22H25Cl2N5O2/c1-15-18(16(2)29(26-15)9-3-8-25)6-7-21(30)27-10-12-28(13-11-27)22(31)19-5-4-17(23)14-20(19)24/h4-5,14H,3,6-7,9-13H2,1-2H3. The van der Waals surface area contributed by atoms with Gasteiger partial charge in [0.25, 0.3) is 5.91 Å². The summed E-state index contributed by atoms with van der Waals surface area (Å²) >= 11 is 12.1. The van der Waals surface area contributed by atoms with Gasteiger partial charge in [-0.1, -0.05) is 23.2 Å². The summed E-state index contributed by atoms with van der Waals surface area (Å²) in [5, 5.41) is 14.1. The van der Waals surface area contributed by atoms with Crippen molar-refractivity contribution in [1.29, 1.82) is 5.26 Å². The SMILES string of the molecule is Cc1nn(CCC#N)c(C)c1CCC(=O)N1CCN(C(=O)c2ccc(Cl)cc2Cl)CC1. The van der Waals surface area contributed by atoms with Crippen molar-refractivity contribution in [2.75, 3.05) is 26.2 Å². The van der Waals surface area contributed by atoms with E-state index < -0.39 is 0 Å². The lowest BCUT2D eigenvalue weighted by Crippen LogP contribution is -2.50. The number of rotatable bonds is 6. The van der Waals surface area contributed by atoms with E-state index >= 15 is 0 Å². The molecule has 1 fully saturated rings. The van der Waals surface area contributed by atoms with Crippen LogP contribution in [0, 0.1) is 25.2 Å². The lowest BCUT2D eigenvalue weighted by molar-refractivity contribution is -0.132. The maximum absolute atomic E-state index is 12.7. The highest BCUT2D eigenvalue weighted by atomic mass is 35.5. The number of carbonyl (C=O) groups excluding carboxylic acids is 2. The van der Waals surface area contributed by atoms with E-state index in [2.05, 4.69) is 11.2 Å². The molecule has 9 heteroatoms. The molecule has 164 valence electrons. The molecule has 0 saturated carbocycles. The maximum atomic E-state index is 12.7. The first-order valence-corrected chi connectivity index (χ1v) is 11.0. The fraction of sp³-hybridized carbons (Fsp3) is 0.455. The van der Waals surface area contributed by atoms with Crippen molar-refractivity contribution in [3.63, 3.8) is 0 Å². The molecule has 1 aromatic carbocycles. The molecule has 2 amide bonds. The Hall–Kier alpha value is -2.56. The molecule has 1 aromatic heterocycles. The molecule has 0 N–H and O–H groups in total. The Morgan fingerprint density at radius 3 is 2.45 bits per heavy atom. The summed E-state index contributed by atoms with van der Waals surface area (Å²) < 4.78 is 1.84. The van der Waals surface area contributed by atoms with E-state index in [4.69, 9.17) is 28.5 Å². The molecule has 3 rings (SSSR count). The zero-order chi connectivity index (χ0) is 22.5. The van der Waals surface area contributed by atoms with Gasteiger partial charge in [-0.05, 0) is 44.0 Å². The monoisotopic (exact) mass is 461 g/mol. The summed E-state index contributed by atoms with van der Waals surface area (Å²) in [4.78, 5) is 29.0. The van der Waals surface area contributed by atoms with Gasteiger partial charge in [-0.3, -0.25) is 14.3 Å². The molecule has 1 aliphatic rings. The van der Waals surface area contributed by atoms with Crippen molar-refractivity contribution in [2.45, 2.75) is 39.7 Å². The lowest BCUT2D eigenvalue weighted by Gasteiger charge is -2.35. The molecule has 0 aliphatic carbocycles. The van der Waals surface area contributed by atoms with Gasteiger partial charge in [0.1, 0.15) is 0 Å². The molecule has 2 aromatic rings. The van der Waals surface area contributed by atoms with Crippen molar-refractivity contribution < 1.29 is 9.59 Å². The lowest BCUT2D eigenvalue weighted by atomic mass is 10.1. The smallest absolute Gasteiger partial charge is 0.255 e. The van der Waals surface area contributed by atoms with E-state index in [0.717, 1.165) is 17.0 Å². The number of carbonyl (C=O) groups is 2. The summed E-state index contributed by atoms with van der Waals surface area (Å²) in [5.41, 5.74) is 3.40. The molecule has 1 aliphatic heterocycles. The van der Waals surface area contributed by atoms with Crippen LogP contribution in [0.3, 0.4) is 0 Å². The van der Waals surface area contributed by atoms with Crippen molar-refractivity contribution in [2.24, 2.45) is 0 Å². The third-order valence-electron chi connectivity index (χ3n) is 5.64. The first-order valence-electron chi connectivity index (χ1n) is 10.2. The van der Waals surface area contributed by atoms with Crippen LogP contribution in [0.1, 0.15) is 40.2 Å². The maximum Gasteiger partial charge on any atom is 0.255 e. The van der Waals surface area contributed by atoms with Crippen LogP contribution >= 0.6 is 23.2 Å². The normalized spacial score (nSPS) is 13.9. The molecule has 0 atom stereocenters. The molecular formula is C22H25Cl2N5O2. The Kier molecular flexibility index (Phi) is 7.58.